The van der Waals surface area contributed by atoms with Gasteiger partial charge in [-0.1, -0.05) is 49.0 Å². The number of nitrogens with one attached hydrogen (secondary N) is 1. The van der Waals surface area contributed by atoms with Crippen LogP contribution in [0.3, 0.4) is 0 Å². The van der Waals surface area contributed by atoms with Crippen molar-refractivity contribution < 1.29 is 22.7 Å². The number of ether oxygens (including phenoxy) is 1. The second-order valence-electron chi connectivity index (χ2n) is 9.81. The second kappa shape index (κ2) is 14.2. The van der Waals surface area contributed by atoms with Gasteiger partial charge in [0.05, 0.1) is 19.1 Å². The van der Waals surface area contributed by atoms with Crippen molar-refractivity contribution >= 4 is 50.7 Å². The van der Waals surface area contributed by atoms with Gasteiger partial charge in [-0.3, -0.25) is 13.9 Å². The zero-order valence-corrected chi connectivity index (χ0v) is 25.0. The molecular formula is C28H37Cl2N3O5S. The fourth-order valence-electron chi connectivity index (χ4n) is 4.87. The maximum atomic E-state index is 13.6. The third kappa shape index (κ3) is 8.75. The van der Waals surface area contributed by atoms with E-state index in [1.165, 1.54) is 11.4 Å². The number of anilines is 1. The summed E-state index contributed by atoms with van der Waals surface area (Å²) in [5.74, 6) is 0.178. The van der Waals surface area contributed by atoms with Crippen LogP contribution in [0.4, 0.5) is 5.69 Å². The van der Waals surface area contributed by atoms with Crippen molar-refractivity contribution in [3.8, 4) is 5.75 Å². The number of methoxy groups -OCH3 is 1. The summed E-state index contributed by atoms with van der Waals surface area (Å²) in [7, 11) is -2.05. The third-order valence-electron chi connectivity index (χ3n) is 6.96. The molecule has 1 N–H and O–H groups in total. The fraction of sp³-hybridized carbons (Fsp3) is 0.500. The summed E-state index contributed by atoms with van der Waals surface area (Å²) >= 11 is 12.5. The van der Waals surface area contributed by atoms with Crippen LogP contribution >= 0.6 is 23.2 Å². The van der Waals surface area contributed by atoms with Crippen molar-refractivity contribution in [3.05, 3.63) is 58.1 Å². The van der Waals surface area contributed by atoms with E-state index in [4.69, 9.17) is 27.9 Å². The highest BCUT2D eigenvalue weighted by Crippen LogP contribution is 2.26. The van der Waals surface area contributed by atoms with Gasteiger partial charge in [0.2, 0.25) is 21.8 Å². The number of benzene rings is 2. The molecule has 0 saturated heterocycles. The first-order valence-electron chi connectivity index (χ1n) is 13.2. The number of hydrogen-bond acceptors (Lipinski definition) is 5. The quantitative estimate of drug-likeness (QED) is 0.333. The summed E-state index contributed by atoms with van der Waals surface area (Å²) in [6.45, 7) is 2.12. The molecule has 1 atom stereocenters. The van der Waals surface area contributed by atoms with Gasteiger partial charge in [0.15, 0.2) is 0 Å². The molecule has 8 nitrogen and oxygen atoms in total. The van der Waals surface area contributed by atoms with Crippen molar-refractivity contribution in [2.45, 2.75) is 70.5 Å². The second-order valence-corrected chi connectivity index (χ2v) is 12.6. The zero-order valence-electron chi connectivity index (χ0n) is 22.7. The summed E-state index contributed by atoms with van der Waals surface area (Å²) in [5.41, 5.74) is 1.16. The molecule has 0 aromatic heterocycles. The lowest BCUT2D eigenvalue weighted by Gasteiger charge is -2.32. The Labute approximate surface area is 241 Å². The van der Waals surface area contributed by atoms with Crippen molar-refractivity contribution in [2.24, 2.45) is 0 Å². The predicted octanol–water partition coefficient (Wildman–Crippen LogP) is 5.41. The number of nitrogens with zero attached hydrogens (tertiary/aromatic N) is 2. The molecule has 2 aromatic rings. The molecule has 39 heavy (non-hydrogen) atoms. The van der Waals surface area contributed by atoms with Crippen LogP contribution in [0.5, 0.6) is 5.75 Å². The third-order valence-corrected chi connectivity index (χ3v) is 8.74. The molecule has 214 valence electrons. The Morgan fingerprint density at radius 2 is 1.77 bits per heavy atom. The van der Waals surface area contributed by atoms with Crippen LogP contribution in [-0.2, 0) is 26.2 Å². The van der Waals surface area contributed by atoms with Crippen molar-refractivity contribution in [1.29, 1.82) is 0 Å². The summed E-state index contributed by atoms with van der Waals surface area (Å²) in [6, 6.07) is 11.2. The lowest BCUT2D eigenvalue weighted by molar-refractivity contribution is -0.141. The van der Waals surface area contributed by atoms with Gasteiger partial charge in [-0.25, -0.2) is 8.42 Å². The molecule has 1 fully saturated rings. The molecule has 0 aliphatic heterocycles. The van der Waals surface area contributed by atoms with Gasteiger partial charge in [0, 0.05) is 35.6 Å². The number of hydrogen-bond donors (Lipinski definition) is 1. The smallest absolute Gasteiger partial charge is 0.243 e. The van der Waals surface area contributed by atoms with E-state index in [1.54, 1.807) is 47.4 Å². The van der Waals surface area contributed by atoms with E-state index >= 15 is 0 Å². The number of sulfonamides is 1. The average Bonchev–Trinajstić information content (AvgIpc) is 3.40. The number of amides is 2. The van der Waals surface area contributed by atoms with Crippen molar-refractivity contribution in [1.82, 2.24) is 10.2 Å². The van der Waals surface area contributed by atoms with Gasteiger partial charge in [-0.15, -0.1) is 0 Å². The van der Waals surface area contributed by atoms with Crippen LogP contribution in [0, 0.1) is 0 Å². The van der Waals surface area contributed by atoms with Crippen LogP contribution in [0.15, 0.2) is 42.5 Å². The normalized spacial score (nSPS) is 14.6. The summed E-state index contributed by atoms with van der Waals surface area (Å²) in [6.07, 6.45) is 5.92. The Kier molecular flexibility index (Phi) is 11.3. The van der Waals surface area contributed by atoms with E-state index < -0.39 is 16.1 Å². The van der Waals surface area contributed by atoms with E-state index in [-0.39, 0.29) is 43.8 Å². The Morgan fingerprint density at radius 1 is 1.10 bits per heavy atom. The summed E-state index contributed by atoms with van der Waals surface area (Å²) < 4.78 is 31.5. The molecule has 2 aromatic carbocycles. The van der Waals surface area contributed by atoms with Gasteiger partial charge >= 0.3 is 0 Å². The molecule has 2 amide bonds. The van der Waals surface area contributed by atoms with Crippen LogP contribution in [-0.4, -0.2) is 57.1 Å². The lowest BCUT2D eigenvalue weighted by atomic mass is 10.1. The van der Waals surface area contributed by atoms with E-state index in [9.17, 15) is 18.0 Å². The zero-order chi connectivity index (χ0) is 28.6. The number of carbonyl (C=O) groups excluding carboxylic acids is 2. The largest absolute Gasteiger partial charge is 0.497 e. The first-order valence-corrected chi connectivity index (χ1v) is 15.8. The molecule has 0 spiro atoms. The molecule has 0 unspecified atom stereocenters. The lowest BCUT2D eigenvalue weighted by Crippen LogP contribution is -2.51. The minimum absolute atomic E-state index is 0.0561. The Balaban J connectivity index is 1.77. The van der Waals surface area contributed by atoms with Crippen LogP contribution in [0.1, 0.15) is 57.4 Å². The summed E-state index contributed by atoms with van der Waals surface area (Å²) in [4.78, 5) is 28.5. The van der Waals surface area contributed by atoms with Crippen molar-refractivity contribution in [3.63, 3.8) is 0 Å². The topological polar surface area (TPSA) is 96.0 Å². The van der Waals surface area contributed by atoms with Gasteiger partial charge in [0.1, 0.15) is 11.8 Å². The van der Waals surface area contributed by atoms with Gasteiger partial charge in [0.25, 0.3) is 0 Å². The standard InChI is InChI=1S/C28H37Cl2N3O5S/c1-4-26(28(35)31-22-8-5-6-9-22)32(19-20-11-12-21(29)18-25(20)30)27(34)10-7-17-33(39(3,36)37)23-13-15-24(38-2)16-14-23/h11-16,18,22,26H,4-10,17,19H2,1-3H3,(H,31,35)/t26-/m1/s1. The molecule has 0 radical (unpaired) electrons. The number of carbonyl (C=O) groups is 2. The predicted molar refractivity (Wildman–Crippen MR) is 156 cm³/mol. The fourth-order valence-corrected chi connectivity index (χ4v) is 6.31. The van der Waals surface area contributed by atoms with E-state index in [0.29, 0.717) is 33.5 Å². The Bertz CT molecular complexity index is 1230. The van der Waals surface area contributed by atoms with Crippen LogP contribution in [0.25, 0.3) is 0 Å². The van der Waals surface area contributed by atoms with E-state index in [1.807, 2.05) is 6.92 Å². The van der Waals surface area contributed by atoms with Crippen LogP contribution in [0.2, 0.25) is 10.0 Å². The Hall–Kier alpha value is -2.49. The van der Waals surface area contributed by atoms with E-state index in [0.717, 1.165) is 31.9 Å². The van der Waals surface area contributed by atoms with Crippen molar-refractivity contribution in [2.75, 3.05) is 24.2 Å². The Morgan fingerprint density at radius 3 is 2.33 bits per heavy atom. The molecule has 11 heteroatoms. The molecule has 0 heterocycles. The van der Waals surface area contributed by atoms with E-state index in [2.05, 4.69) is 5.32 Å². The number of rotatable bonds is 13. The minimum Gasteiger partial charge on any atom is -0.497 e. The van der Waals surface area contributed by atoms with Gasteiger partial charge in [-0.05, 0) is 67.6 Å². The van der Waals surface area contributed by atoms with Gasteiger partial charge in [-0.2, -0.15) is 0 Å². The maximum Gasteiger partial charge on any atom is 0.243 e. The van der Waals surface area contributed by atoms with Gasteiger partial charge < -0.3 is 15.0 Å². The first-order chi connectivity index (χ1) is 18.5. The monoisotopic (exact) mass is 597 g/mol. The number of halogens is 2. The molecular weight excluding hydrogens is 561 g/mol. The molecule has 1 saturated carbocycles. The highest BCUT2D eigenvalue weighted by Gasteiger charge is 2.31. The highest BCUT2D eigenvalue weighted by molar-refractivity contribution is 7.92. The SMILES string of the molecule is CC[C@H](C(=O)NC1CCCC1)N(Cc1ccc(Cl)cc1Cl)C(=O)CCCN(c1ccc(OC)cc1)S(C)(=O)=O. The van der Waals surface area contributed by atoms with Crippen LogP contribution < -0.4 is 14.4 Å². The molecule has 1 aliphatic carbocycles. The molecule has 1 aliphatic rings. The minimum atomic E-state index is -3.59. The average molecular weight is 599 g/mol. The maximum absolute atomic E-state index is 13.6. The highest BCUT2D eigenvalue weighted by atomic mass is 35.5. The molecule has 0 bridgehead atoms. The molecule has 3 rings (SSSR count). The summed E-state index contributed by atoms with van der Waals surface area (Å²) in [5, 5.41) is 4.01. The first kappa shape index (κ1) is 31.0.